The average Bonchev–Trinajstić information content (AvgIpc) is 2.91. The zero-order valence-electron chi connectivity index (χ0n) is 10.3. The molecule has 1 unspecified atom stereocenters. The molecule has 1 heterocycles. The van der Waals surface area contributed by atoms with Crippen LogP contribution in [0.5, 0.6) is 0 Å². The molecule has 0 spiro atoms. The van der Waals surface area contributed by atoms with Crippen molar-refractivity contribution in [2.45, 2.75) is 19.3 Å². The van der Waals surface area contributed by atoms with E-state index in [1.54, 1.807) is 0 Å². The Morgan fingerprint density at radius 1 is 1.50 bits per heavy atom. The molecule has 1 aromatic carbocycles. The number of anilines is 1. The minimum Gasteiger partial charge on any atom is -0.326 e. The van der Waals surface area contributed by atoms with E-state index in [-0.39, 0.29) is 11.8 Å². The third-order valence-corrected chi connectivity index (χ3v) is 4.52. The Hall–Kier alpha value is -0.670. The first-order valence-electron chi connectivity index (χ1n) is 6.33. The SMILES string of the molecule is O=C(Nc1cccc(CCCCl)c1)C1CCSC1. The highest BCUT2D eigenvalue weighted by molar-refractivity contribution is 7.99. The van der Waals surface area contributed by atoms with Crippen LogP contribution in [0.25, 0.3) is 0 Å². The van der Waals surface area contributed by atoms with Crippen molar-refractivity contribution in [1.82, 2.24) is 0 Å². The molecule has 1 atom stereocenters. The number of rotatable bonds is 5. The van der Waals surface area contributed by atoms with Crippen LogP contribution < -0.4 is 5.32 Å². The fraction of sp³-hybridized carbons (Fsp3) is 0.500. The van der Waals surface area contributed by atoms with Gasteiger partial charge in [0.1, 0.15) is 0 Å². The molecule has 0 saturated carbocycles. The fourth-order valence-electron chi connectivity index (χ4n) is 2.06. The lowest BCUT2D eigenvalue weighted by atomic mass is 10.1. The number of halogens is 1. The van der Waals surface area contributed by atoms with Gasteiger partial charge < -0.3 is 5.32 Å². The Balaban J connectivity index is 1.93. The van der Waals surface area contributed by atoms with Gasteiger partial charge in [0.2, 0.25) is 5.91 Å². The van der Waals surface area contributed by atoms with Gasteiger partial charge in [-0.15, -0.1) is 11.6 Å². The number of hydrogen-bond acceptors (Lipinski definition) is 2. The molecule has 98 valence electrons. The topological polar surface area (TPSA) is 29.1 Å². The van der Waals surface area contributed by atoms with Gasteiger partial charge in [-0.1, -0.05) is 12.1 Å². The van der Waals surface area contributed by atoms with Crippen molar-refractivity contribution in [3.63, 3.8) is 0 Å². The molecule has 1 aromatic rings. The van der Waals surface area contributed by atoms with E-state index in [0.717, 1.165) is 36.5 Å². The minimum atomic E-state index is 0.162. The molecule has 1 N–H and O–H groups in total. The Kier molecular flexibility index (Phi) is 5.39. The van der Waals surface area contributed by atoms with Crippen LogP contribution in [0.2, 0.25) is 0 Å². The molecular formula is C14H18ClNOS. The monoisotopic (exact) mass is 283 g/mol. The number of hydrogen-bond donors (Lipinski definition) is 1. The highest BCUT2D eigenvalue weighted by atomic mass is 35.5. The molecule has 4 heteroatoms. The van der Waals surface area contributed by atoms with E-state index in [0.29, 0.717) is 5.88 Å². The lowest BCUT2D eigenvalue weighted by Gasteiger charge is -2.10. The van der Waals surface area contributed by atoms with Crippen LogP contribution in [-0.2, 0) is 11.2 Å². The molecule has 0 aliphatic carbocycles. The summed E-state index contributed by atoms with van der Waals surface area (Å²) in [6, 6.07) is 8.06. The second-order valence-electron chi connectivity index (χ2n) is 4.54. The number of benzene rings is 1. The molecule has 2 nitrogen and oxygen atoms in total. The van der Waals surface area contributed by atoms with Gasteiger partial charge in [-0.05, 0) is 42.7 Å². The maximum absolute atomic E-state index is 12.0. The number of alkyl halides is 1. The summed E-state index contributed by atoms with van der Waals surface area (Å²) in [6.07, 6.45) is 2.94. The van der Waals surface area contributed by atoms with Crippen LogP contribution in [-0.4, -0.2) is 23.3 Å². The van der Waals surface area contributed by atoms with Crippen molar-refractivity contribution in [1.29, 1.82) is 0 Å². The molecule has 1 amide bonds. The number of aryl methyl sites for hydroxylation is 1. The Morgan fingerprint density at radius 2 is 2.39 bits per heavy atom. The van der Waals surface area contributed by atoms with E-state index < -0.39 is 0 Å². The summed E-state index contributed by atoms with van der Waals surface area (Å²) >= 11 is 7.55. The maximum Gasteiger partial charge on any atom is 0.228 e. The largest absolute Gasteiger partial charge is 0.326 e. The number of carbonyl (C=O) groups is 1. The zero-order chi connectivity index (χ0) is 12.8. The number of nitrogens with one attached hydrogen (secondary N) is 1. The Labute approximate surface area is 117 Å². The van der Waals surface area contributed by atoms with E-state index in [1.807, 2.05) is 30.0 Å². The Morgan fingerprint density at radius 3 is 3.11 bits per heavy atom. The molecule has 1 saturated heterocycles. The molecule has 1 aliphatic heterocycles. The first kappa shape index (κ1) is 13.8. The fourth-order valence-corrected chi connectivity index (χ4v) is 3.42. The zero-order valence-corrected chi connectivity index (χ0v) is 11.9. The van der Waals surface area contributed by atoms with Gasteiger partial charge in [-0.25, -0.2) is 0 Å². The highest BCUT2D eigenvalue weighted by Gasteiger charge is 2.22. The van der Waals surface area contributed by atoms with Gasteiger partial charge in [-0.3, -0.25) is 4.79 Å². The highest BCUT2D eigenvalue weighted by Crippen LogP contribution is 2.24. The van der Waals surface area contributed by atoms with Crippen LogP contribution >= 0.6 is 23.4 Å². The number of amides is 1. The third-order valence-electron chi connectivity index (χ3n) is 3.09. The first-order valence-corrected chi connectivity index (χ1v) is 8.02. The van der Waals surface area contributed by atoms with Crippen molar-refractivity contribution in [3.8, 4) is 0 Å². The predicted octanol–water partition coefficient (Wildman–Crippen LogP) is 3.55. The molecule has 0 radical (unpaired) electrons. The van der Waals surface area contributed by atoms with Gasteiger partial charge >= 0.3 is 0 Å². The standard InChI is InChI=1S/C14H18ClNOS/c15-7-2-4-11-3-1-5-13(9-11)16-14(17)12-6-8-18-10-12/h1,3,5,9,12H,2,4,6-8,10H2,(H,16,17). The van der Waals surface area contributed by atoms with E-state index in [4.69, 9.17) is 11.6 Å². The number of thioether (sulfide) groups is 1. The molecule has 2 rings (SSSR count). The average molecular weight is 284 g/mol. The maximum atomic E-state index is 12.0. The Bertz CT molecular complexity index is 405. The van der Waals surface area contributed by atoms with Crippen molar-refractivity contribution >= 4 is 35.0 Å². The summed E-state index contributed by atoms with van der Waals surface area (Å²) in [6.45, 7) is 0. The number of carbonyl (C=O) groups excluding carboxylic acids is 1. The van der Waals surface area contributed by atoms with Crippen LogP contribution in [0, 0.1) is 5.92 Å². The summed E-state index contributed by atoms with van der Waals surface area (Å²) in [5, 5.41) is 3.02. The van der Waals surface area contributed by atoms with E-state index in [9.17, 15) is 4.79 Å². The smallest absolute Gasteiger partial charge is 0.228 e. The van der Waals surface area contributed by atoms with Crippen molar-refractivity contribution in [3.05, 3.63) is 29.8 Å². The third kappa shape index (κ3) is 3.92. The lowest BCUT2D eigenvalue weighted by Crippen LogP contribution is -2.22. The van der Waals surface area contributed by atoms with Crippen molar-refractivity contribution in [2.24, 2.45) is 5.92 Å². The second-order valence-corrected chi connectivity index (χ2v) is 6.07. The van der Waals surface area contributed by atoms with Crippen molar-refractivity contribution < 1.29 is 4.79 Å². The summed E-state index contributed by atoms with van der Waals surface area (Å²) in [7, 11) is 0. The quantitative estimate of drug-likeness (QED) is 0.838. The normalized spacial score (nSPS) is 18.8. The lowest BCUT2D eigenvalue weighted by molar-refractivity contribution is -0.119. The van der Waals surface area contributed by atoms with Gasteiger partial charge in [0.05, 0.1) is 0 Å². The van der Waals surface area contributed by atoms with E-state index in [2.05, 4.69) is 11.4 Å². The molecule has 1 aliphatic rings. The summed E-state index contributed by atoms with van der Waals surface area (Å²) in [4.78, 5) is 12.0. The molecule has 0 aromatic heterocycles. The van der Waals surface area contributed by atoms with Gasteiger partial charge in [-0.2, -0.15) is 11.8 Å². The molecular weight excluding hydrogens is 266 g/mol. The second kappa shape index (κ2) is 7.05. The summed E-state index contributed by atoms with van der Waals surface area (Å²) in [5.41, 5.74) is 2.14. The van der Waals surface area contributed by atoms with E-state index >= 15 is 0 Å². The minimum absolute atomic E-state index is 0.162. The van der Waals surface area contributed by atoms with Crippen LogP contribution in [0.15, 0.2) is 24.3 Å². The molecule has 1 fully saturated rings. The van der Waals surface area contributed by atoms with Crippen LogP contribution in [0.1, 0.15) is 18.4 Å². The van der Waals surface area contributed by atoms with Crippen molar-refractivity contribution in [2.75, 3.05) is 22.7 Å². The van der Waals surface area contributed by atoms with Crippen LogP contribution in [0.3, 0.4) is 0 Å². The van der Waals surface area contributed by atoms with Gasteiger partial charge in [0.25, 0.3) is 0 Å². The summed E-state index contributed by atoms with van der Waals surface area (Å²) in [5.74, 6) is 3.08. The molecule has 0 bridgehead atoms. The molecule has 18 heavy (non-hydrogen) atoms. The first-order chi connectivity index (χ1) is 8.79. The van der Waals surface area contributed by atoms with Crippen LogP contribution in [0.4, 0.5) is 5.69 Å². The van der Waals surface area contributed by atoms with Gasteiger partial charge in [0, 0.05) is 23.2 Å². The predicted molar refractivity (Wildman–Crippen MR) is 79.5 cm³/mol. The summed E-state index contributed by atoms with van der Waals surface area (Å²) < 4.78 is 0. The van der Waals surface area contributed by atoms with E-state index in [1.165, 1.54) is 5.56 Å². The van der Waals surface area contributed by atoms with Gasteiger partial charge in [0.15, 0.2) is 0 Å².